The van der Waals surface area contributed by atoms with E-state index in [1.165, 1.54) is 0 Å². The lowest BCUT2D eigenvalue weighted by Gasteiger charge is -2.27. The van der Waals surface area contributed by atoms with E-state index < -0.39 is 0 Å². The van der Waals surface area contributed by atoms with Gasteiger partial charge in [-0.05, 0) is 52.3 Å². The number of hydrogen-bond acceptors (Lipinski definition) is 4. The summed E-state index contributed by atoms with van der Waals surface area (Å²) in [6.45, 7) is 2.26. The molecular formula is C19H19BrN2O4. The molecule has 0 atom stereocenters. The van der Waals surface area contributed by atoms with Crippen LogP contribution in [0.4, 0.5) is 5.69 Å². The zero-order chi connectivity index (χ0) is 18.5. The van der Waals surface area contributed by atoms with Gasteiger partial charge in [0.1, 0.15) is 5.75 Å². The molecule has 0 radical (unpaired) electrons. The zero-order valence-electron chi connectivity index (χ0n) is 14.3. The van der Waals surface area contributed by atoms with Crippen LogP contribution in [0.3, 0.4) is 0 Å². The lowest BCUT2D eigenvalue weighted by molar-refractivity contribution is 0.0303. The summed E-state index contributed by atoms with van der Waals surface area (Å²) in [7, 11) is 1.57. The van der Waals surface area contributed by atoms with Crippen molar-refractivity contribution in [2.75, 3.05) is 38.7 Å². The van der Waals surface area contributed by atoms with E-state index in [4.69, 9.17) is 9.47 Å². The summed E-state index contributed by atoms with van der Waals surface area (Å²) in [4.78, 5) is 26.8. The van der Waals surface area contributed by atoms with Crippen LogP contribution in [0.2, 0.25) is 0 Å². The van der Waals surface area contributed by atoms with Crippen molar-refractivity contribution < 1.29 is 19.1 Å². The van der Waals surface area contributed by atoms with E-state index >= 15 is 0 Å². The minimum absolute atomic E-state index is 0.0587. The van der Waals surface area contributed by atoms with Gasteiger partial charge in [-0.15, -0.1) is 0 Å². The third kappa shape index (κ3) is 4.23. The molecule has 0 unspecified atom stereocenters. The van der Waals surface area contributed by atoms with Crippen molar-refractivity contribution in [2.24, 2.45) is 0 Å². The van der Waals surface area contributed by atoms with Crippen LogP contribution in [0.25, 0.3) is 0 Å². The lowest BCUT2D eigenvalue weighted by Crippen LogP contribution is -2.40. The minimum atomic E-state index is -0.260. The highest BCUT2D eigenvalue weighted by Gasteiger charge is 2.19. The summed E-state index contributed by atoms with van der Waals surface area (Å²) in [6, 6.07) is 12.0. The number of hydrogen-bond donors (Lipinski definition) is 1. The van der Waals surface area contributed by atoms with Gasteiger partial charge < -0.3 is 19.7 Å². The molecule has 1 aliphatic rings. The molecular weight excluding hydrogens is 400 g/mol. The second-order valence-corrected chi connectivity index (χ2v) is 6.64. The fraction of sp³-hybridized carbons (Fsp3) is 0.263. The normalized spacial score (nSPS) is 14.0. The highest BCUT2D eigenvalue weighted by atomic mass is 79.9. The van der Waals surface area contributed by atoms with Crippen LogP contribution >= 0.6 is 15.9 Å². The number of carbonyl (C=O) groups is 2. The lowest BCUT2D eigenvalue weighted by atomic mass is 10.1. The van der Waals surface area contributed by atoms with Crippen LogP contribution in [0.15, 0.2) is 46.9 Å². The van der Waals surface area contributed by atoms with E-state index in [9.17, 15) is 9.59 Å². The molecule has 0 aliphatic carbocycles. The number of carbonyl (C=O) groups excluding carboxylic acids is 2. The van der Waals surface area contributed by atoms with Gasteiger partial charge in [0.15, 0.2) is 0 Å². The van der Waals surface area contributed by atoms with Gasteiger partial charge in [-0.1, -0.05) is 6.07 Å². The first kappa shape index (κ1) is 18.4. The quantitative estimate of drug-likeness (QED) is 0.827. The number of anilines is 1. The maximum atomic E-state index is 12.6. The molecule has 7 heteroatoms. The van der Waals surface area contributed by atoms with Gasteiger partial charge in [0.2, 0.25) is 0 Å². The van der Waals surface area contributed by atoms with Crippen LogP contribution in [0, 0.1) is 0 Å². The third-order valence-corrected chi connectivity index (χ3v) is 4.70. The van der Waals surface area contributed by atoms with Crippen molar-refractivity contribution in [3.05, 3.63) is 58.1 Å². The number of ether oxygens (including phenoxy) is 2. The Kier molecular flexibility index (Phi) is 5.90. The molecule has 2 amide bonds. The molecule has 1 aliphatic heterocycles. The van der Waals surface area contributed by atoms with Gasteiger partial charge >= 0.3 is 0 Å². The summed E-state index contributed by atoms with van der Waals surface area (Å²) in [6.07, 6.45) is 0. The average Bonchev–Trinajstić information content (AvgIpc) is 2.68. The SMILES string of the molecule is COc1ccc(C(=O)Nc2cccc(C(=O)N3CCOCC3)c2)cc1Br. The Morgan fingerprint density at radius 3 is 2.58 bits per heavy atom. The van der Waals surface area contributed by atoms with Gasteiger partial charge in [-0.25, -0.2) is 0 Å². The molecule has 26 heavy (non-hydrogen) atoms. The van der Waals surface area contributed by atoms with Gasteiger partial charge in [-0.2, -0.15) is 0 Å². The molecule has 2 aromatic rings. The fourth-order valence-electron chi connectivity index (χ4n) is 2.69. The maximum Gasteiger partial charge on any atom is 0.255 e. The number of rotatable bonds is 4. The number of morpholine rings is 1. The Bertz CT molecular complexity index is 819. The van der Waals surface area contributed by atoms with E-state index in [1.54, 1.807) is 54.5 Å². The highest BCUT2D eigenvalue weighted by Crippen LogP contribution is 2.26. The Balaban J connectivity index is 1.72. The number of methoxy groups -OCH3 is 1. The van der Waals surface area contributed by atoms with E-state index in [0.717, 1.165) is 0 Å². The number of amides is 2. The van der Waals surface area contributed by atoms with Gasteiger partial charge in [0.05, 0.1) is 24.8 Å². The zero-order valence-corrected chi connectivity index (χ0v) is 15.9. The molecule has 1 heterocycles. The van der Waals surface area contributed by atoms with E-state index in [2.05, 4.69) is 21.2 Å². The molecule has 0 saturated carbocycles. The van der Waals surface area contributed by atoms with Crippen molar-refractivity contribution >= 4 is 33.4 Å². The summed E-state index contributed by atoms with van der Waals surface area (Å²) in [5.74, 6) is 0.334. The Morgan fingerprint density at radius 2 is 1.88 bits per heavy atom. The second-order valence-electron chi connectivity index (χ2n) is 5.79. The van der Waals surface area contributed by atoms with Crippen molar-refractivity contribution in [3.8, 4) is 5.75 Å². The number of nitrogens with one attached hydrogen (secondary N) is 1. The molecule has 2 aromatic carbocycles. The van der Waals surface area contributed by atoms with Crippen molar-refractivity contribution in [1.82, 2.24) is 4.90 Å². The number of nitrogens with zero attached hydrogens (tertiary/aromatic N) is 1. The highest BCUT2D eigenvalue weighted by molar-refractivity contribution is 9.10. The molecule has 1 saturated heterocycles. The van der Waals surface area contributed by atoms with E-state index in [-0.39, 0.29) is 11.8 Å². The second kappa shape index (κ2) is 8.33. The van der Waals surface area contributed by atoms with Gasteiger partial charge in [0, 0.05) is 29.9 Å². The molecule has 0 bridgehead atoms. The molecule has 136 valence electrons. The van der Waals surface area contributed by atoms with Crippen LogP contribution in [0.5, 0.6) is 5.75 Å². The average molecular weight is 419 g/mol. The number of benzene rings is 2. The maximum absolute atomic E-state index is 12.6. The van der Waals surface area contributed by atoms with Gasteiger partial charge in [0.25, 0.3) is 11.8 Å². The fourth-order valence-corrected chi connectivity index (χ4v) is 3.23. The molecule has 6 nitrogen and oxygen atoms in total. The van der Waals surface area contributed by atoms with E-state index in [1.807, 2.05) is 0 Å². The molecule has 1 fully saturated rings. The monoisotopic (exact) mass is 418 g/mol. The predicted molar refractivity (Wildman–Crippen MR) is 102 cm³/mol. The Morgan fingerprint density at radius 1 is 1.12 bits per heavy atom. The molecule has 0 aromatic heterocycles. The summed E-state index contributed by atoms with van der Waals surface area (Å²) >= 11 is 3.37. The Labute approximate surface area is 160 Å². The van der Waals surface area contributed by atoms with E-state index in [0.29, 0.717) is 53.3 Å². The first-order valence-electron chi connectivity index (χ1n) is 8.20. The van der Waals surface area contributed by atoms with Crippen LogP contribution in [-0.2, 0) is 4.74 Å². The largest absolute Gasteiger partial charge is 0.496 e. The topological polar surface area (TPSA) is 67.9 Å². The Hall–Kier alpha value is -2.38. The number of halogens is 1. The predicted octanol–water partition coefficient (Wildman–Crippen LogP) is 3.18. The first-order chi connectivity index (χ1) is 12.6. The molecule has 0 spiro atoms. The minimum Gasteiger partial charge on any atom is -0.496 e. The molecule has 1 N–H and O–H groups in total. The summed E-state index contributed by atoms with van der Waals surface area (Å²) in [5, 5.41) is 2.83. The molecule has 3 rings (SSSR count). The first-order valence-corrected chi connectivity index (χ1v) is 9.00. The van der Waals surface area contributed by atoms with Crippen LogP contribution < -0.4 is 10.1 Å². The smallest absolute Gasteiger partial charge is 0.255 e. The van der Waals surface area contributed by atoms with Crippen LogP contribution in [-0.4, -0.2) is 50.1 Å². The summed E-state index contributed by atoms with van der Waals surface area (Å²) in [5.41, 5.74) is 1.60. The van der Waals surface area contributed by atoms with Crippen molar-refractivity contribution in [3.63, 3.8) is 0 Å². The summed E-state index contributed by atoms with van der Waals surface area (Å²) < 4.78 is 11.1. The van der Waals surface area contributed by atoms with Crippen LogP contribution in [0.1, 0.15) is 20.7 Å². The van der Waals surface area contributed by atoms with Crippen molar-refractivity contribution in [1.29, 1.82) is 0 Å². The standard InChI is InChI=1S/C19H19BrN2O4/c1-25-17-6-5-13(12-16(17)20)18(23)21-15-4-2-3-14(11-15)19(24)22-7-9-26-10-8-22/h2-6,11-12H,7-10H2,1H3,(H,21,23). The third-order valence-electron chi connectivity index (χ3n) is 4.08. The van der Waals surface area contributed by atoms with Gasteiger partial charge in [-0.3, -0.25) is 9.59 Å². The van der Waals surface area contributed by atoms with Crippen molar-refractivity contribution in [2.45, 2.75) is 0 Å².